The van der Waals surface area contributed by atoms with Crippen molar-refractivity contribution in [3.63, 3.8) is 0 Å². The molecule has 0 unspecified atom stereocenters. The van der Waals surface area contributed by atoms with Gasteiger partial charge in [0, 0.05) is 12.7 Å². The van der Waals surface area contributed by atoms with Crippen LogP contribution in [0.25, 0.3) is 0 Å². The third-order valence-corrected chi connectivity index (χ3v) is 1.50. The molecule has 0 saturated carbocycles. The van der Waals surface area contributed by atoms with Gasteiger partial charge in [-0.1, -0.05) is 12.1 Å². The van der Waals surface area contributed by atoms with E-state index in [9.17, 15) is 0 Å². The van der Waals surface area contributed by atoms with E-state index < -0.39 is 0 Å². The molecule has 0 heterocycles. The maximum atomic E-state index is 4.90. The van der Waals surface area contributed by atoms with Crippen LogP contribution in [-0.4, -0.2) is 12.2 Å². The van der Waals surface area contributed by atoms with E-state index in [4.69, 9.17) is 12.2 Å². The smallest absolute Gasteiger partial charge is 0.170 e. The van der Waals surface area contributed by atoms with Crippen LogP contribution in [-0.2, 0) is 0 Å². The fourth-order valence-electron chi connectivity index (χ4n) is 0.665. The standard InChI is InChI=1S/C8H9N2S/c1-9-8(11)10-7-5-3-2-4-6-7/h2-3,5-6H,1H3,(H2,9,10,11). The van der Waals surface area contributed by atoms with Crippen LogP contribution >= 0.6 is 12.2 Å². The van der Waals surface area contributed by atoms with Crippen molar-refractivity contribution < 1.29 is 0 Å². The van der Waals surface area contributed by atoms with Gasteiger partial charge in [-0.25, -0.2) is 0 Å². The minimum absolute atomic E-state index is 0.615. The highest BCUT2D eigenvalue weighted by Gasteiger charge is 1.90. The predicted octanol–water partition coefficient (Wildman–Crippen LogP) is 1.40. The maximum Gasteiger partial charge on any atom is 0.170 e. The van der Waals surface area contributed by atoms with Gasteiger partial charge in [-0.2, -0.15) is 0 Å². The van der Waals surface area contributed by atoms with Gasteiger partial charge in [0.2, 0.25) is 0 Å². The van der Waals surface area contributed by atoms with Crippen LogP contribution < -0.4 is 10.6 Å². The molecule has 0 aromatic heterocycles. The third kappa shape index (κ3) is 2.55. The minimum Gasteiger partial charge on any atom is -0.366 e. The molecule has 0 aliphatic rings. The molecule has 0 spiro atoms. The van der Waals surface area contributed by atoms with Crippen molar-refractivity contribution in [3.05, 3.63) is 30.3 Å². The number of nitrogens with one attached hydrogen (secondary N) is 2. The van der Waals surface area contributed by atoms with Crippen LogP contribution in [0.1, 0.15) is 0 Å². The number of anilines is 1. The molecule has 2 N–H and O–H groups in total. The molecule has 1 aromatic carbocycles. The Morgan fingerprint density at radius 2 is 2.45 bits per heavy atom. The SMILES string of the molecule is CNC(=S)Nc1c[c]ccc1. The second-order valence-electron chi connectivity index (χ2n) is 2.00. The first-order chi connectivity index (χ1) is 5.33. The molecule has 0 bridgehead atoms. The van der Waals surface area contributed by atoms with Gasteiger partial charge in [-0.15, -0.1) is 0 Å². The summed E-state index contributed by atoms with van der Waals surface area (Å²) < 4.78 is 0. The lowest BCUT2D eigenvalue weighted by atomic mass is 10.3. The van der Waals surface area contributed by atoms with Gasteiger partial charge in [0.15, 0.2) is 5.11 Å². The zero-order valence-corrected chi connectivity index (χ0v) is 7.03. The second kappa shape index (κ2) is 3.93. The molecule has 0 aliphatic carbocycles. The summed E-state index contributed by atoms with van der Waals surface area (Å²) in [7, 11) is 1.78. The second-order valence-corrected chi connectivity index (χ2v) is 2.40. The van der Waals surface area contributed by atoms with Crippen LogP contribution in [0.3, 0.4) is 0 Å². The van der Waals surface area contributed by atoms with E-state index in [2.05, 4.69) is 16.7 Å². The quantitative estimate of drug-likeness (QED) is 0.615. The van der Waals surface area contributed by atoms with Gasteiger partial charge in [-0.05, 0) is 30.4 Å². The first-order valence-electron chi connectivity index (χ1n) is 3.28. The van der Waals surface area contributed by atoms with E-state index in [0.717, 1.165) is 5.69 Å². The fourth-order valence-corrected chi connectivity index (χ4v) is 0.783. The number of benzene rings is 1. The predicted molar refractivity (Wildman–Crippen MR) is 50.6 cm³/mol. The van der Waals surface area contributed by atoms with Gasteiger partial charge in [0.25, 0.3) is 0 Å². The van der Waals surface area contributed by atoms with Crippen LogP contribution in [0.2, 0.25) is 0 Å². The van der Waals surface area contributed by atoms with E-state index in [-0.39, 0.29) is 0 Å². The lowest BCUT2D eigenvalue weighted by Crippen LogP contribution is -2.23. The van der Waals surface area contributed by atoms with E-state index in [1.807, 2.05) is 24.3 Å². The molecule has 0 fully saturated rings. The van der Waals surface area contributed by atoms with Gasteiger partial charge < -0.3 is 10.6 Å². The number of hydrogen-bond donors (Lipinski definition) is 2. The highest BCUT2D eigenvalue weighted by molar-refractivity contribution is 7.80. The Balaban J connectivity index is 2.58. The lowest BCUT2D eigenvalue weighted by Gasteiger charge is -2.05. The third-order valence-electron chi connectivity index (χ3n) is 1.19. The average molecular weight is 165 g/mol. The summed E-state index contributed by atoms with van der Waals surface area (Å²) in [4.78, 5) is 0. The first-order valence-corrected chi connectivity index (χ1v) is 3.68. The van der Waals surface area contributed by atoms with Crippen molar-refractivity contribution in [1.82, 2.24) is 5.32 Å². The van der Waals surface area contributed by atoms with Gasteiger partial charge in [0.1, 0.15) is 0 Å². The Morgan fingerprint density at radius 1 is 1.64 bits per heavy atom. The Labute approximate surface area is 71.6 Å². The van der Waals surface area contributed by atoms with Crippen molar-refractivity contribution in [2.45, 2.75) is 0 Å². The van der Waals surface area contributed by atoms with Crippen LogP contribution in [0.4, 0.5) is 5.69 Å². The lowest BCUT2D eigenvalue weighted by molar-refractivity contribution is 1.20. The highest BCUT2D eigenvalue weighted by Crippen LogP contribution is 2.03. The molecule has 0 atom stereocenters. The van der Waals surface area contributed by atoms with E-state index in [0.29, 0.717) is 5.11 Å². The van der Waals surface area contributed by atoms with Crippen LogP contribution in [0.15, 0.2) is 24.3 Å². The largest absolute Gasteiger partial charge is 0.366 e. The van der Waals surface area contributed by atoms with E-state index >= 15 is 0 Å². The van der Waals surface area contributed by atoms with Crippen molar-refractivity contribution in [3.8, 4) is 0 Å². The minimum atomic E-state index is 0.615. The molecule has 57 valence electrons. The van der Waals surface area contributed by atoms with Crippen molar-refractivity contribution in [1.29, 1.82) is 0 Å². The molecule has 2 nitrogen and oxygen atoms in total. The highest BCUT2D eigenvalue weighted by atomic mass is 32.1. The molecule has 11 heavy (non-hydrogen) atoms. The molecule has 1 rings (SSSR count). The van der Waals surface area contributed by atoms with Crippen LogP contribution in [0.5, 0.6) is 0 Å². The van der Waals surface area contributed by atoms with Crippen LogP contribution in [0, 0.1) is 6.07 Å². The van der Waals surface area contributed by atoms with Gasteiger partial charge >= 0.3 is 0 Å². The summed E-state index contributed by atoms with van der Waals surface area (Å²) in [6, 6.07) is 10.5. The molecular formula is C8H9N2S. The normalized spacial score (nSPS) is 8.82. The molecule has 1 radical (unpaired) electrons. The number of thiocarbonyl (C=S) groups is 1. The summed E-state index contributed by atoms with van der Waals surface area (Å²) in [6.45, 7) is 0. The summed E-state index contributed by atoms with van der Waals surface area (Å²) in [5, 5.41) is 6.42. The molecule has 1 aromatic rings. The monoisotopic (exact) mass is 165 g/mol. The Bertz CT molecular complexity index is 233. The molecule has 0 saturated heterocycles. The van der Waals surface area contributed by atoms with Crippen molar-refractivity contribution >= 4 is 23.0 Å². The summed E-state index contributed by atoms with van der Waals surface area (Å²) in [6.07, 6.45) is 0. The molecule has 3 heteroatoms. The maximum absolute atomic E-state index is 4.90. The van der Waals surface area contributed by atoms with E-state index in [1.165, 1.54) is 0 Å². The Morgan fingerprint density at radius 3 is 3.00 bits per heavy atom. The number of hydrogen-bond acceptors (Lipinski definition) is 1. The zero-order valence-electron chi connectivity index (χ0n) is 6.22. The topological polar surface area (TPSA) is 24.1 Å². The van der Waals surface area contributed by atoms with Gasteiger partial charge in [0.05, 0.1) is 0 Å². The summed E-state index contributed by atoms with van der Waals surface area (Å²) in [5.74, 6) is 0. The number of rotatable bonds is 1. The summed E-state index contributed by atoms with van der Waals surface area (Å²) >= 11 is 4.90. The Hall–Kier alpha value is -1.09. The molecule has 0 aliphatic heterocycles. The molecule has 0 amide bonds. The van der Waals surface area contributed by atoms with Crippen molar-refractivity contribution in [2.24, 2.45) is 0 Å². The average Bonchev–Trinajstić information content (AvgIpc) is 2.06. The first kappa shape index (κ1) is 8.01. The fraction of sp³-hybridized carbons (Fsp3) is 0.125. The van der Waals surface area contributed by atoms with E-state index in [1.54, 1.807) is 7.05 Å². The van der Waals surface area contributed by atoms with Gasteiger partial charge in [-0.3, -0.25) is 0 Å². The van der Waals surface area contributed by atoms with Crippen molar-refractivity contribution in [2.75, 3.05) is 12.4 Å². The zero-order chi connectivity index (χ0) is 8.10. The Kier molecular flexibility index (Phi) is 2.86. The summed E-state index contributed by atoms with van der Waals surface area (Å²) in [5.41, 5.74) is 0.951. The molecular weight excluding hydrogens is 156 g/mol.